The lowest BCUT2D eigenvalue weighted by atomic mass is 10.2. The smallest absolute Gasteiger partial charge is 0.335 e. The Balaban J connectivity index is 4.03. The highest BCUT2D eigenvalue weighted by molar-refractivity contribution is 5.87. The highest BCUT2D eigenvalue weighted by Crippen LogP contribution is 2.10. The molecule has 1 atom stereocenters. The van der Waals surface area contributed by atoms with Crippen LogP contribution in [-0.2, 0) is 23.8 Å². The summed E-state index contributed by atoms with van der Waals surface area (Å²) in [7, 11) is 0. The first kappa shape index (κ1) is 15.6. The summed E-state index contributed by atoms with van der Waals surface area (Å²) in [5.74, 6) is -0.847. The van der Waals surface area contributed by atoms with Gasteiger partial charge in [0.15, 0.2) is 0 Å². The van der Waals surface area contributed by atoms with Crippen molar-refractivity contribution in [2.24, 2.45) is 5.92 Å². The lowest BCUT2D eigenvalue weighted by Crippen LogP contribution is -2.28. The predicted molar refractivity (Wildman–Crippen MR) is 62.1 cm³/mol. The van der Waals surface area contributed by atoms with Gasteiger partial charge in [-0.25, -0.2) is 4.79 Å². The first-order valence-electron chi connectivity index (χ1n) is 5.46. The molecule has 0 heterocycles. The van der Waals surface area contributed by atoms with E-state index in [2.05, 4.69) is 6.58 Å². The molecule has 0 saturated carbocycles. The average molecular weight is 244 g/mol. The van der Waals surface area contributed by atoms with Crippen LogP contribution in [-0.4, -0.2) is 31.4 Å². The molecular weight excluding hydrogens is 224 g/mol. The van der Waals surface area contributed by atoms with Gasteiger partial charge in [-0.05, 0) is 6.92 Å². The molecule has 1 unspecified atom stereocenters. The maximum atomic E-state index is 11.3. The van der Waals surface area contributed by atoms with Crippen LogP contribution < -0.4 is 0 Å². The molecule has 0 radical (unpaired) electrons. The Labute approximate surface area is 102 Å². The van der Waals surface area contributed by atoms with Crippen LogP contribution in [0, 0.1) is 5.92 Å². The third kappa shape index (κ3) is 7.52. The molecule has 0 bridgehead atoms. The van der Waals surface area contributed by atoms with Gasteiger partial charge in [-0.2, -0.15) is 0 Å². The molecular formula is C12H20O5. The molecule has 0 aliphatic rings. The maximum absolute atomic E-state index is 11.3. The summed E-state index contributed by atoms with van der Waals surface area (Å²) >= 11 is 0. The Bertz CT molecular complexity index is 283. The van der Waals surface area contributed by atoms with E-state index >= 15 is 0 Å². The summed E-state index contributed by atoms with van der Waals surface area (Å²) in [6.07, 6.45) is -0.658. The third-order valence-electron chi connectivity index (χ3n) is 1.79. The van der Waals surface area contributed by atoms with E-state index < -0.39 is 12.3 Å². The molecule has 0 rings (SSSR count). The van der Waals surface area contributed by atoms with Crippen molar-refractivity contribution in [3.8, 4) is 0 Å². The van der Waals surface area contributed by atoms with Crippen LogP contribution in [0.5, 0.6) is 0 Å². The SMILES string of the molecule is C=C(C)C(=O)OC(OCCOC(C)=O)C(C)C. The molecule has 5 nitrogen and oxygen atoms in total. The van der Waals surface area contributed by atoms with Crippen molar-refractivity contribution in [2.75, 3.05) is 13.2 Å². The van der Waals surface area contributed by atoms with Crippen molar-refractivity contribution in [1.29, 1.82) is 0 Å². The van der Waals surface area contributed by atoms with Crippen LogP contribution in [0.1, 0.15) is 27.7 Å². The maximum Gasteiger partial charge on any atom is 0.335 e. The summed E-state index contributed by atoms with van der Waals surface area (Å²) in [5, 5.41) is 0. The first-order chi connectivity index (χ1) is 7.84. The second-order valence-corrected chi connectivity index (χ2v) is 4.01. The van der Waals surface area contributed by atoms with Crippen molar-refractivity contribution in [3.63, 3.8) is 0 Å². The molecule has 0 spiro atoms. The number of hydrogen-bond acceptors (Lipinski definition) is 5. The highest BCUT2D eigenvalue weighted by Gasteiger charge is 2.19. The molecule has 17 heavy (non-hydrogen) atoms. The van der Waals surface area contributed by atoms with E-state index in [0.717, 1.165) is 0 Å². The molecule has 0 aromatic carbocycles. The average Bonchev–Trinajstić information content (AvgIpc) is 2.21. The van der Waals surface area contributed by atoms with E-state index in [4.69, 9.17) is 14.2 Å². The van der Waals surface area contributed by atoms with Gasteiger partial charge in [0, 0.05) is 18.4 Å². The molecule has 0 aliphatic heterocycles. The molecule has 0 N–H and O–H groups in total. The van der Waals surface area contributed by atoms with Crippen molar-refractivity contribution in [2.45, 2.75) is 34.0 Å². The third-order valence-corrected chi connectivity index (χ3v) is 1.79. The standard InChI is InChI=1S/C12H20O5/c1-8(2)11(14)17-12(9(3)4)16-7-6-15-10(5)13/h9,12H,1,6-7H2,2-5H3. The normalized spacial score (nSPS) is 12.1. The second-order valence-electron chi connectivity index (χ2n) is 4.01. The second kappa shape index (κ2) is 7.84. The zero-order chi connectivity index (χ0) is 13.4. The Hall–Kier alpha value is -1.36. The number of carbonyl (C=O) groups excluding carboxylic acids is 2. The predicted octanol–water partition coefficient (Wildman–Crippen LogP) is 1.67. The molecule has 0 aliphatic carbocycles. The van der Waals surface area contributed by atoms with Crippen LogP contribution in [0.2, 0.25) is 0 Å². The van der Waals surface area contributed by atoms with Gasteiger partial charge in [0.2, 0.25) is 6.29 Å². The molecule has 0 aromatic rings. The zero-order valence-electron chi connectivity index (χ0n) is 10.8. The number of rotatable bonds is 7. The van der Waals surface area contributed by atoms with E-state index in [0.29, 0.717) is 5.57 Å². The minimum absolute atomic E-state index is 0.00984. The first-order valence-corrected chi connectivity index (χ1v) is 5.46. The Kier molecular flexibility index (Phi) is 7.21. The Morgan fingerprint density at radius 2 is 1.76 bits per heavy atom. The molecule has 0 aromatic heterocycles. The van der Waals surface area contributed by atoms with Crippen molar-refractivity contribution in [1.82, 2.24) is 0 Å². The largest absolute Gasteiger partial charge is 0.463 e. The molecule has 0 saturated heterocycles. The van der Waals surface area contributed by atoms with Crippen LogP contribution in [0.4, 0.5) is 0 Å². The minimum atomic E-state index is -0.658. The van der Waals surface area contributed by atoms with Gasteiger partial charge in [0.25, 0.3) is 0 Å². The van der Waals surface area contributed by atoms with Gasteiger partial charge in [-0.1, -0.05) is 20.4 Å². The summed E-state index contributed by atoms with van der Waals surface area (Å²) in [5.41, 5.74) is 0.319. The van der Waals surface area contributed by atoms with E-state index in [1.807, 2.05) is 13.8 Å². The monoisotopic (exact) mass is 244 g/mol. The number of carbonyl (C=O) groups is 2. The van der Waals surface area contributed by atoms with Crippen LogP contribution in [0.15, 0.2) is 12.2 Å². The zero-order valence-corrected chi connectivity index (χ0v) is 10.8. The quantitative estimate of drug-likeness (QED) is 0.295. The van der Waals surface area contributed by atoms with Gasteiger partial charge >= 0.3 is 11.9 Å². The number of hydrogen-bond donors (Lipinski definition) is 0. The molecule has 0 amide bonds. The molecule has 0 fully saturated rings. The van der Waals surface area contributed by atoms with Crippen molar-refractivity contribution < 1.29 is 23.8 Å². The van der Waals surface area contributed by atoms with Gasteiger partial charge in [0.1, 0.15) is 6.61 Å². The summed E-state index contributed by atoms with van der Waals surface area (Å²) in [6, 6.07) is 0. The van der Waals surface area contributed by atoms with Gasteiger partial charge in [-0.3, -0.25) is 4.79 Å². The highest BCUT2D eigenvalue weighted by atomic mass is 16.7. The van der Waals surface area contributed by atoms with E-state index in [-0.39, 0.29) is 25.1 Å². The van der Waals surface area contributed by atoms with E-state index in [1.54, 1.807) is 6.92 Å². The lowest BCUT2D eigenvalue weighted by molar-refractivity contribution is -0.188. The topological polar surface area (TPSA) is 61.8 Å². The summed E-state index contributed by atoms with van der Waals surface area (Å²) in [4.78, 5) is 21.8. The minimum Gasteiger partial charge on any atom is -0.463 e. The summed E-state index contributed by atoms with van der Waals surface area (Å²) < 4.78 is 15.1. The molecule has 5 heteroatoms. The Morgan fingerprint density at radius 3 is 2.18 bits per heavy atom. The van der Waals surface area contributed by atoms with Crippen molar-refractivity contribution in [3.05, 3.63) is 12.2 Å². The summed E-state index contributed by atoms with van der Waals surface area (Å²) in [6.45, 7) is 10.4. The fourth-order valence-corrected chi connectivity index (χ4v) is 0.918. The Morgan fingerprint density at radius 1 is 1.18 bits per heavy atom. The van der Waals surface area contributed by atoms with Gasteiger partial charge < -0.3 is 14.2 Å². The van der Waals surface area contributed by atoms with E-state index in [9.17, 15) is 9.59 Å². The number of ether oxygens (including phenoxy) is 3. The van der Waals surface area contributed by atoms with Gasteiger partial charge in [-0.15, -0.1) is 0 Å². The van der Waals surface area contributed by atoms with Crippen LogP contribution in [0.3, 0.4) is 0 Å². The molecule has 98 valence electrons. The fraction of sp³-hybridized carbons (Fsp3) is 0.667. The van der Waals surface area contributed by atoms with Crippen LogP contribution >= 0.6 is 0 Å². The fourth-order valence-electron chi connectivity index (χ4n) is 0.918. The van der Waals surface area contributed by atoms with Crippen LogP contribution in [0.25, 0.3) is 0 Å². The van der Waals surface area contributed by atoms with Crippen molar-refractivity contribution >= 4 is 11.9 Å². The van der Waals surface area contributed by atoms with E-state index in [1.165, 1.54) is 6.92 Å². The lowest BCUT2D eigenvalue weighted by Gasteiger charge is -2.21. The number of esters is 2. The van der Waals surface area contributed by atoms with Gasteiger partial charge in [0.05, 0.1) is 6.61 Å².